The molecule has 4 aliphatic carbocycles. The van der Waals surface area contributed by atoms with Gasteiger partial charge in [-0.3, -0.25) is 4.79 Å². The van der Waals surface area contributed by atoms with Crippen molar-refractivity contribution in [2.75, 3.05) is 6.61 Å². The van der Waals surface area contributed by atoms with Crippen molar-refractivity contribution in [2.45, 2.75) is 192 Å². The number of aliphatic hydroxyl groups is 1. The molecule has 1 aromatic rings. The Morgan fingerprint density at radius 2 is 1.48 bits per heavy atom. The highest BCUT2D eigenvalue weighted by atomic mass is 16.5. The quantitative estimate of drug-likeness (QED) is 0.118. The lowest BCUT2D eigenvalue weighted by molar-refractivity contribution is -0.154. The van der Waals surface area contributed by atoms with Crippen molar-refractivity contribution < 1.29 is 19.1 Å². The molecule has 3 saturated carbocycles. The first-order valence-corrected chi connectivity index (χ1v) is 19.3. The molecule has 0 saturated heterocycles. The summed E-state index contributed by atoms with van der Waals surface area (Å²) in [5.74, 6) is 2.62. The average molecular weight is 611 g/mol. The van der Waals surface area contributed by atoms with E-state index in [2.05, 4.69) is 19.9 Å². The summed E-state index contributed by atoms with van der Waals surface area (Å²) in [5.41, 5.74) is 1.12. The lowest BCUT2D eigenvalue weighted by atomic mass is 9.45. The normalized spacial score (nSPS) is 32.2. The number of aryl methyl sites for hydroxylation is 1. The number of rotatable bonds is 20. The van der Waals surface area contributed by atoms with Gasteiger partial charge in [-0.05, 0) is 91.6 Å². The maximum Gasteiger partial charge on any atom is 0.305 e. The van der Waals surface area contributed by atoms with E-state index in [0.717, 1.165) is 38.5 Å². The number of carbonyl (C=O) groups excluding carboxylic acids is 1. The van der Waals surface area contributed by atoms with Crippen LogP contribution in [0.4, 0.5) is 0 Å². The molecule has 2 bridgehead atoms. The SMILES string of the molecule is CCCCCCCCCCCCCCCCCCCC(=O)OC[C@@]1(O)C[C@@]23CC[C@@H]4c5ccoc5CC[C@@]4(C)[C@@H]2CCC1C3. The van der Waals surface area contributed by atoms with Crippen LogP contribution in [0.2, 0.25) is 0 Å². The molecule has 5 rings (SSSR count). The van der Waals surface area contributed by atoms with Crippen molar-refractivity contribution in [3.05, 3.63) is 23.7 Å². The summed E-state index contributed by atoms with van der Waals surface area (Å²) < 4.78 is 11.6. The molecule has 250 valence electrons. The molecule has 1 heterocycles. The van der Waals surface area contributed by atoms with Gasteiger partial charge in [-0.2, -0.15) is 0 Å². The molecule has 0 amide bonds. The molecule has 6 atom stereocenters. The van der Waals surface area contributed by atoms with E-state index in [1.807, 2.05) is 6.26 Å². The zero-order valence-electron chi connectivity index (χ0n) is 28.7. The standard InChI is InChI=1S/C40H66O4/c1-3-4-5-6-7-8-9-10-11-12-13-14-15-16-17-18-19-20-37(41)44-31-40(42)30-39-27-23-34-33-25-28-43-35(33)24-26-38(34,2)36(39)22-21-32(40)29-39/h25,28,32,34,36,42H,3-24,26-27,29-31H2,1-2H3/t32?,34-,36+,38-,39+,40+/m1/s1. The van der Waals surface area contributed by atoms with Gasteiger partial charge in [0.15, 0.2) is 0 Å². The van der Waals surface area contributed by atoms with Gasteiger partial charge in [0.05, 0.1) is 6.26 Å². The largest absolute Gasteiger partial charge is 0.469 e. The topological polar surface area (TPSA) is 59.7 Å². The number of esters is 1. The van der Waals surface area contributed by atoms with Gasteiger partial charge in [0, 0.05) is 12.8 Å². The molecule has 1 spiro atoms. The lowest BCUT2D eigenvalue weighted by Gasteiger charge is -2.59. The molecule has 4 nitrogen and oxygen atoms in total. The van der Waals surface area contributed by atoms with Crippen molar-refractivity contribution >= 4 is 5.97 Å². The Kier molecular flexibility index (Phi) is 12.4. The van der Waals surface area contributed by atoms with E-state index in [1.54, 1.807) is 0 Å². The molecule has 1 N–H and O–H groups in total. The Morgan fingerprint density at radius 3 is 2.11 bits per heavy atom. The van der Waals surface area contributed by atoms with Crippen LogP contribution in [-0.2, 0) is 16.0 Å². The van der Waals surface area contributed by atoms with Crippen LogP contribution >= 0.6 is 0 Å². The minimum absolute atomic E-state index is 0.106. The minimum atomic E-state index is -0.836. The molecule has 4 heteroatoms. The van der Waals surface area contributed by atoms with Crippen LogP contribution in [0.5, 0.6) is 0 Å². The van der Waals surface area contributed by atoms with Crippen molar-refractivity contribution in [2.24, 2.45) is 22.7 Å². The molecule has 44 heavy (non-hydrogen) atoms. The average Bonchev–Trinajstić information content (AvgIpc) is 3.57. The van der Waals surface area contributed by atoms with Crippen molar-refractivity contribution in [1.29, 1.82) is 0 Å². The third kappa shape index (κ3) is 7.98. The van der Waals surface area contributed by atoms with Crippen LogP contribution in [0.15, 0.2) is 16.7 Å². The fourth-order valence-electron chi connectivity index (χ4n) is 10.8. The summed E-state index contributed by atoms with van der Waals surface area (Å²) in [7, 11) is 0. The zero-order valence-corrected chi connectivity index (χ0v) is 28.7. The first kappa shape index (κ1) is 34.1. The third-order valence-corrected chi connectivity index (χ3v) is 13.2. The van der Waals surface area contributed by atoms with Gasteiger partial charge in [0.1, 0.15) is 18.0 Å². The number of hydrogen-bond acceptors (Lipinski definition) is 4. The molecular weight excluding hydrogens is 544 g/mol. The van der Waals surface area contributed by atoms with E-state index in [9.17, 15) is 9.90 Å². The van der Waals surface area contributed by atoms with Crippen molar-refractivity contribution in [1.82, 2.24) is 0 Å². The highest BCUT2D eigenvalue weighted by molar-refractivity contribution is 5.69. The molecule has 1 unspecified atom stereocenters. The van der Waals surface area contributed by atoms with E-state index in [0.29, 0.717) is 18.3 Å². The first-order valence-electron chi connectivity index (χ1n) is 19.3. The van der Waals surface area contributed by atoms with Crippen molar-refractivity contribution in [3.8, 4) is 0 Å². The fourth-order valence-corrected chi connectivity index (χ4v) is 10.8. The molecule has 0 aromatic carbocycles. The second kappa shape index (κ2) is 16.0. The second-order valence-electron chi connectivity index (χ2n) is 16.1. The van der Waals surface area contributed by atoms with E-state index < -0.39 is 5.60 Å². The maximum atomic E-state index is 12.7. The van der Waals surface area contributed by atoms with Gasteiger partial charge < -0.3 is 14.3 Å². The van der Waals surface area contributed by atoms with Crippen molar-refractivity contribution in [3.63, 3.8) is 0 Å². The van der Waals surface area contributed by atoms with Gasteiger partial charge in [-0.1, -0.05) is 117 Å². The predicted molar refractivity (Wildman–Crippen MR) is 180 cm³/mol. The number of unbranched alkanes of at least 4 members (excludes halogenated alkanes) is 16. The Labute approximate surface area is 269 Å². The molecule has 1 aromatic heterocycles. The van der Waals surface area contributed by atoms with Crippen LogP contribution in [-0.4, -0.2) is 23.3 Å². The summed E-state index contributed by atoms with van der Waals surface area (Å²) >= 11 is 0. The predicted octanol–water partition coefficient (Wildman–Crippen LogP) is 11.2. The van der Waals surface area contributed by atoms with Gasteiger partial charge >= 0.3 is 5.97 Å². The van der Waals surface area contributed by atoms with E-state index in [1.165, 1.54) is 133 Å². The monoisotopic (exact) mass is 610 g/mol. The number of hydrogen-bond donors (Lipinski definition) is 1. The highest BCUT2D eigenvalue weighted by Crippen LogP contribution is 2.72. The number of fused-ring (bicyclic) bond motifs is 5. The summed E-state index contributed by atoms with van der Waals surface area (Å²) in [6.45, 7) is 5.03. The lowest BCUT2D eigenvalue weighted by Crippen LogP contribution is -2.51. The first-order chi connectivity index (χ1) is 21.4. The minimum Gasteiger partial charge on any atom is -0.469 e. The molecule has 3 fully saturated rings. The number of furan rings is 1. The zero-order chi connectivity index (χ0) is 30.9. The Morgan fingerprint density at radius 1 is 0.864 bits per heavy atom. The van der Waals surface area contributed by atoms with E-state index in [4.69, 9.17) is 9.15 Å². The third-order valence-electron chi connectivity index (χ3n) is 13.2. The van der Waals surface area contributed by atoms with Crippen LogP contribution in [0.3, 0.4) is 0 Å². The van der Waals surface area contributed by atoms with E-state index >= 15 is 0 Å². The molecule has 0 radical (unpaired) electrons. The smallest absolute Gasteiger partial charge is 0.305 e. The highest BCUT2D eigenvalue weighted by Gasteiger charge is 2.66. The molecular formula is C40H66O4. The van der Waals surface area contributed by atoms with Gasteiger partial charge in [0.25, 0.3) is 0 Å². The van der Waals surface area contributed by atoms with Crippen LogP contribution in [0.25, 0.3) is 0 Å². The summed E-state index contributed by atoms with van der Waals surface area (Å²) in [5, 5.41) is 11.9. The second-order valence-corrected chi connectivity index (χ2v) is 16.1. The number of carbonyl (C=O) groups is 1. The summed E-state index contributed by atoms with van der Waals surface area (Å²) in [4.78, 5) is 12.7. The Balaban J connectivity index is 0.910. The van der Waals surface area contributed by atoms with Crippen LogP contribution < -0.4 is 0 Å². The summed E-state index contributed by atoms with van der Waals surface area (Å²) in [6, 6.07) is 2.23. The fraction of sp³-hybridized carbons (Fsp3) is 0.875. The van der Waals surface area contributed by atoms with E-state index in [-0.39, 0.29) is 29.3 Å². The summed E-state index contributed by atoms with van der Waals surface area (Å²) in [6.07, 6.45) is 34.1. The van der Waals surface area contributed by atoms with Crippen LogP contribution in [0, 0.1) is 22.7 Å². The van der Waals surface area contributed by atoms with Gasteiger partial charge in [-0.25, -0.2) is 0 Å². The Bertz CT molecular complexity index is 1010. The number of ether oxygens (including phenoxy) is 1. The van der Waals surface area contributed by atoms with Gasteiger partial charge in [0.2, 0.25) is 0 Å². The maximum absolute atomic E-state index is 12.7. The Hall–Kier alpha value is -1.29. The molecule has 4 aliphatic rings. The van der Waals surface area contributed by atoms with Crippen LogP contribution in [0.1, 0.15) is 192 Å². The van der Waals surface area contributed by atoms with Gasteiger partial charge in [-0.15, -0.1) is 0 Å². The molecule has 0 aliphatic heterocycles.